The van der Waals surface area contributed by atoms with Crippen molar-refractivity contribution in [3.63, 3.8) is 0 Å². The first-order valence-electron chi connectivity index (χ1n) is 6.21. The quantitative estimate of drug-likeness (QED) is 0.929. The number of hydrogen-bond donors (Lipinski definition) is 1. The SMILES string of the molecule is CC(Nc1ccc(C#N)c(C#N)c1)c1cc(F)ccc1F. The summed E-state index contributed by atoms with van der Waals surface area (Å²) in [7, 11) is 0. The summed E-state index contributed by atoms with van der Waals surface area (Å²) in [6.45, 7) is 1.68. The fraction of sp³-hybridized carbons (Fsp3) is 0.125. The van der Waals surface area contributed by atoms with Gasteiger partial charge in [-0.05, 0) is 43.3 Å². The van der Waals surface area contributed by atoms with E-state index in [0.29, 0.717) is 5.69 Å². The number of nitrogens with zero attached hydrogens (tertiary/aromatic N) is 2. The van der Waals surface area contributed by atoms with Crippen molar-refractivity contribution in [3.05, 3.63) is 64.7 Å². The molecule has 0 fully saturated rings. The Bertz CT molecular complexity index is 757. The largest absolute Gasteiger partial charge is 0.378 e. The fourth-order valence-corrected chi connectivity index (χ4v) is 2.00. The van der Waals surface area contributed by atoms with Crippen LogP contribution in [0, 0.1) is 34.3 Å². The van der Waals surface area contributed by atoms with Crippen LogP contribution in [0.25, 0.3) is 0 Å². The molecule has 104 valence electrons. The highest BCUT2D eigenvalue weighted by Gasteiger charge is 2.13. The van der Waals surface area contributed by atoms with Crippen LogP contribution in [0.3, 0.4) is 0 Å². The lowest BCUT2D eigenvalue weighted by molar-refractivity contribution is 0.577. The molecule has 0 amide bonds. The highest BCUT2D eigenvalue weighted by Crippen LogP contribution is 2.24. The molecule has 1 N–H and O–H groups in total. The monoisotopic (exact) mass is 283 g/mol. The molecule has 0 saturated heterocycles. The van der Waals surface area contributed by atoms with Crippen molar-refractivity contribution in [2.75, 3.05) is 5.32 Å². The number of halogens is 2. The first-order chi connectivity index (χ1) is 10.0. The molecule has 1 unspecified atom stereocenters. The number of anilines is 1. The summed E-state index contributed by atoms with van der Waals surface area (Å²) in [5, 5.41) is 20.8. The van der Waals surface area contributed by atoms with E-state index in [1.807, 2.05) is 12.1 Å². The van der Waals surface area contributed by atoms with E-state index in [1.54, 1.807) is 13.0 Å². The van der Waals surface area contributed by atoms with Crippen LogP contribution in [-0.4, -0.2) is 0 Å². The van der Waals surface area contributed by atoms with Gasteiger partial charge in [0, 0.05) is 11.3 Å². The van der Waals surface area contributed by atoms with Gasteiger partial charge < -0.3 is 5.32 Å². The molecule has 21 heavy (non-hydrogen) atoms. The fourth-order valence-electron chi connectivity index (χ4n) is 2.00. The van der Waals surface area contributed by atoms with Gasteiger partial charge in [0.25, 0.3) is 0 Å². The van der Waals surface area contributed by atoms with Gasteiger partial charge in [0.15, 0.2) is 0 Å². The van der Waals surface area contributed by atoms with E-state index in [9.17, 15) is 8.78 Å². The van der Waals surface area contributed by atoms with E-state index in [4.69, 9.17) is 10.5 Å². The van der Waals surface area contributed by atoms with Crippen LogP contribution in [0.15, 0.2) is 36.4 Å². The molecule has 2 aromatic rings. The van der Waals surface area contributed by atoms with E-state index in [1.165, 1.54) is 12.1 Å². The normalized spacial score (nSPS) is 11.3. The van der Waals surface area contributed by atoms with Gasteiger partial charge >= 0.3 is 0 Å². The Morgan fingerprint density at radius 2 is 1.71 bits per heavy atom. The second-order valence-corrected chi connectivity index (χ2v) is 4.52. The minimum absolute atomic E-state index is 0.192. The third kappa shape index (κ3) is 3.16. The Balaban J connectivity index is 2.28. The van der Waals surface area contributed by atoms with Gasteiger partial charge in [-0.15, -0.1) is 0 Å². The van der Waals surface area contributed by atoms with Crippen LogP contribution in [0.5, 0.6) is 0 Å². The van der Waals surface area contributed by atoms with Gasteiger partial charge in [0.1, 0.15) is 23.8 Å². The van der Waals surface area contributed by atoms with Crippen molar-refractivity contribution in [2.45, 2.75) is 13.0 Å². The third-order valence-electron chi connectivity index (χ3n) is 3.07. The van der Waals surface area contributed by atoms with E-state index >= 15 is 0 Å². The maximum atomic E-state index is 13.7. The average Bonchev–Trinajstić information content (AvgIpc) is 2.49. The highest BCUT2D eigenvalue weighted by atomic mass is 19.1. The summed E-state index contributed by atoms with van der Waals surface area (Å²) in [5.74, 6) is -1.02. The van der Waals surface area contributed by atoms with Gasteiger partial charge in [-0.2, -0.15) is 10.5 Å². The van der Waals surface area contributed by atoms with Crippen LogP contribution in [0.2, 0.25) is 0 Å². The second kappa shape index (κ2) is 6.02. The molecule has 0 aromatic heterocycles. The highest BCUT2D eigenvalue weighted by molar-refractivity contribution is 5.57. The molecule has 0 spiro atoms. The zero-order valence-corrected chi connectivity index (χ0v) is 11.2. The van der Waals surface area contributed by atoms with Crippen LogP contribution in [0.4, 0.5) is 14.5 Å². The molecule has 0 bridgehead atoms. The zero-order valence-electron chi connectivity index (χ0n) is 11.2. The smallest absolute Gasteiger partial charge is 0.128 e. The maximum absolute atomic E-state index is 13.7. The molecule has 0 aliphatic heterocycles. The Labute approximate surface area is 121 Å². The van der Waals surface area contributed by atoms with Crippen molar-refractivity contribution in [1.29, 1.82) is 10.5 Å². The Kier molecular flexibility index (Phi) is 4.15. The first-order valence-corrected chi connectivity index (χ1v) is 6.21. The maximum Gasteiger partial charge on any atom is 0.128 e. The summed E-state index contributed by atoms with van der Waals surface area (Å²) < 4.78 is 26.9. The summed E-state index contributed by atoms with van der Waals surface area (Å²) in [6.07, 6.45) is 0. The average molecular weight is 283 g/mol. The minimum Gasteiger partial charge on any atom is -0.378 e. The number of nitrogens with one attached hydrogen (secondary N) is 1. The molecular weight excluding hydrogens is 272 g/mol. The number of hydrogen-bond acceptors (Lipinski definition) is 3. The van der Waals surface area contributed by atoms with E-state index in [2.05, 4.69) is 5.32 Å². The summed E-state index contributed by atoms with van der Waals surface area (Å²) in [5.41, 5.74) is 1.25. The van der Waals surface area contributed by atoms with Crippen LogP contribution >= 0.6 is 0 Å². The molecule has 0 aliphatic rings. The molecular formula is C16H11F2N3. The number of benzene rings is 2. The second-order valence-electron chi connectivity index (χ2n) is 4.52. The van der Waals surface area contributed by atoms with Gasteiger partial charge in [-0.25, -0.2) is 8.78 Å². The Morgan fingerprint density at radius 1 is 1.00 bits per heavy atom. The molecule has 3 nitrogen and oxygen atoms in total. The standard InChI is InChI=1S/C16H11F2N3/c1-10(15-7-13(17)3-5-16(15)18)21-14-4-2-11(8-19)12(6-14)9-20/h2-7,10,21H,1H3. The van der Waals surface area contributed by atoms with Gasteiger partial charge in [-0.1, -0.05) is 0 Å². The van der Waals surface area contributed by atoms with E-state index < -0.39 is 17.7 Å². The summed E-state index contributed by atoms with van der Waals surface area (Å²) in [4.78, 5) is 0. The number of rotatable bonds is 3. The molecule has 2 aromatic carbocycles. The lowest BCUT2D eigenvalue weighted by Gasteiger charge is -2.17. The van der Waals surface area contributed by atoms with E-state index in [0.717, 1.165) is 18.2 Å². The molecule has 0 aliphatic carbocycles. The van der Waals surface area contributed by atoms with Crippen molar-refractivity contribution < 1.29 is 8.78 Å². The molecule has 0 radical (unpaired) electrons. The minimum atomic E-state index is -0.516. The molecule has 0 heterocycles. The number of nitriles is 2. The molecule has 0 saturated carbocycles. The van der Waals surface area contributed by atoms with Gasteiger partial charge in [0.05, 0.1) is 17.2 Å². The predicted molar refractivity (Wildman–Crippen MR) is 74.3 cm³/mol. The zero-order chi connectivity index (χ0) is 15.4. The summed E-state index contributed by atoms with van der Waals surface area (Å²) in [6, 6.07) is 11.2. The Hall–Kier alpha value is -2.92. The first kappa shape index (κ1) is 14.5. The van der Waals surface area contributed by atoms with Gasteiger partial charge in [0.2, 0.25) is 0 Å². The van der Waals surface area contributed by atoms with Gasteiger partial charge in [-0.3, -0.25) is 0 Å². The lowest BCUT2D eigenvalue weighted by Crippen LogP contribution is -2.09. The van der Waals surface area contributed by atoms with Crippen molar-refractivity contribution in [2.24, 2.45) is 0 Å². The van der Waals surface area contributed by atoms with Crippen molar-refractivity contribution in [1.82, 2.24) is 0 Å². The molecule has 5 heteroatoms. The Morgan fingerprint density at radius 3 is 2.38 bits per heavy atom. The lowest BCUT2D eigenvalue weighted by atomic mass is 10.1. The molecule has 2 rings (SSSR count). The third-order valence-corrected chi connectivity index (χ3v) is 3.07. The topological polar surface area (TPSA) is 59.6 Å². The summed E-state index contributed by atoms with van der Waals surface area (Å²) >= 11 is 0. The predicted octanol–water partition coefficient (Wildman–Crippen LogP) is 3.88. The van der Waals surface area contributed by atoms with Crippen molar-refractivity contribution in [3.8, 4) is 12.1 Å². The molecule has 1 atom stereocenters. The van der Waals surface area contributed by atoms with Crippen LogP contribution in [-0.2, 0) is 0 Å². The van der Waals surface area contributed by atoms with Crippen LogP contribution in [0.1, 0.15) is 29.7 Å². The van der Waals surface area contributed by atoms with E-state index in [-0.39, 0.29) is 16.7 Å². The van der Waals surface area contributed by atoms with Crippen molar-refractivity contribution >= 4 is 5.69 Å². The van der Waals surface area contributed by atoms with Crippen LogP contribution < -0.4 is 5.32 Å².